The molecule has 0 aliphatic carbocycles. The van der Waals surface area contributed by atoms with E-state index in [-0.39, 0.29) is 29.5 Å². The van der Waals surface area contributed by atoms with Crippen molar-refractivity contribution in [2.24, 2.45) is 0 Å². The fraction of sp³-hybridized carbons (Fsp3) is 0.238. The molecule has 0 saturated carbocycles. The lowest BCUT2D eigenvalue weighted by molar-refractivity contribution is -0.384. The molecule has 0 unspecified atom stereocenters. The number of carbonyl (C=O) groups is 2. The fourth-order valence-corrected chi connectivity index (χ4v) is 4.31. The number of thioether (sulfide) groups is 1. The molecular weight excluding hydrogens is 488 g/mol. The number of amides is 2. The van der Waals surface area contributed by atoms with Crippen LogP contribution in [0.4, 0.5) is 10.5 Å². The van der Waals surface area contributed by atoms with Gasteiger partial charge in [0.05, 0.1) is 16.9 Å². The van der Waals surface area contributed by atoms with Gasteiger partial charge in [-0.05, 0) is 54.9 Å². The molecule has 0 bridgehead atoms. The predicted molar refractivity (Wildman–Crippen MR) is 121 cm³/mol. The van der Waals surface area contributed by atoms with Gasteiger partial charge in [0.15, 0.2) is 11.5 Å². The van der Waals surface area contributed by atoms with Crippen LogP contribution in [0.15, 0.2) is 45.8 Å². The lowest BCUT2D eigenvalue weighted by atomic mass is 10.1. The zero-order valence-electron chi connectivity index (χ0n) is 17.0. The van der Waals surface area contributed by atoms with Crippen molar-refractivity contribution in [2.45, 2.75) is 26.5 Å². The van der Waals surface area contributed by atoms with E-state index in [9.17, 15) is 19.7 Å². The van der Waals surface area contributed by atoms with Gasteiger partial charge >= 0.3 is 0 Å². The number of imide groups is 1. The Morgan fingerprint density at radius 2 is 1.97 bits per heavy atom. The van der Waals surface area contributed by atoms with Crippen LogP contribution < -0.4 is 9.47 Å². The number of hydrogen-bond acceptors (Lipinski definition) is 7. The van der Waals surface area contributed by atoms with Crippen molar-refractivity contribution in [3.63, 3.8) is 0 Å². The van der Waals surface area contributed by atoms with Crippen LogP contribution in [0, 0.1) is 10.1 Å². The predicted octanol–water partition coefficient (Wildman–Crippen LogP) is 5.39. The minimum Gasteiger partial charge on any atom is -0.493 e. The average Bonchev–Trinajstić information content (AvgIpc) is 3.01. The Morgan fingerprint density at radius 3 is 2.58 bits per heavy atom. The van der Waals surface area contributed by atoms with Crippen LogP contribution in [-0.2, 0) is 11.4 Å². The van der Waals surface area contributed by atoms with Crippen LogP contribution in [0.3, 0.4) is 0 Å². The summed E-state index contributed by atoms with van der Waals surface area (Å²) in [6.45, 7) is 3.68. The minimum absolute atomic E-state index is 0.0139. The van der Waals surface area contributed by atoms with Gasteiger partial charge in [0.25, 0.3) is 16.8 Å². The van der Waals surface area contributed by atoms with Gasteiger partial charge in [-0.3, -0.25) is 24.6 Å². The average molecular weight is 507 g/mol. The quantitative estimate of drug-likeness (QED) is 0.282. The first kappa shape index (κ1) is 22.8. The Labute approximate surface area is 191 Å². The van der Waals surface area contributed by atoms with Crippen molar-refractivity contribution in [1.82, 2.24) is 4.90 Å². The normalized spacial score (nSPS) is 15.1. The molecule has 0 atom stereocenters. The van der Waals surface area contributed by atoms with Gasteiger partial charge in [0.1, 0.15) is 6.61 Å². The number of rotatable bonds is 7. The summed E-state index contributed by atoms with van der Waals surface area (Å²) in [5, 5.41) is 10.6. The number of hydrogen-bond donors (Lipinski definition) is 0. The highest BCUT2D eigenvalue weighted by molar-refractivity contribution is 9.10. The molecule has 0 spiro atoms. The van der Waals surface area contributed by atoms with Crippen LogP contribution in [0.1, 0.15) is 25.0 Å². The third kappa shape index (κ3) is 5.08. The van der Waals surface area contributed by atoms with E-state index < -0.39 is 4.92 Å². The van der Waals surface area contributed by atoms with E-state index in [4.69, 9.17) is 9.47 Å². The number of benzene rings is 2. The molecule has 8 nitrogen and oxygen atoms in total. The molecule has 162 valence electrons. The molecule has 0 radical (unpaired) electrons. The number of nitro benzene ring substituents is 1. The molecule has 0 aromatic heterocycles. The van der Waals surface area contributed by atoms with Gasteiger partial charge in [0, 0.05) is 22.6 Å². The second-order valence-corrected chi connectivity index (χ2v) is 8.73. The highest BCUT2D eigenvalue weighted by atomic mass is 79.9. The maximum Gasteiger partial charge on any atom is 0.293 e. The summed E-state index contributed by atoms with van der Waals surface area (Å²) < 4.78 is 11.9. The van der Waals surface area contributed by atoms with Crippen molar-refractivity contribution < 1.29 is 24.0 Å². The lowest BCUT2D eigenvalue weighted by Crippen LogP contribution is -2.34. The van der Waals surface area contributed by atoms with E-state index >= 15 is 0 Å². The third-order valence-electron chi connectivity index (χ3n) is 4.43. The van der Waals surface area contributed by atoms with E-state index in [1.807, 2.05) is 0 Å². The summed E-state index contributed by atoms with van der Waals surface area (Å²) in [7, 11) is 1.49. The van der Waals surface area contributed by atoms with Crippen molar-refractivity contribution >= 4 is 50.6 Å². The van der Waals surface area contributed by atoms with Crippen LogP contribution >= 0.6 is 27.7 Å². The van der Waals surface area contributed by atoms with Crippen molar-refractivity contribution in [1.29, 1.82) is 0 Å². The van der Waals surface area contributed by atoms with E-state index in [0.717, 1.165) is 11.8 Å². The minimum atomic E-state index is -0.462. The van der Waals surface area contributed by atoms with Gasteiger partial charge in [0.2, 0.25) is 0 Å². The Kier molecular flexibility index (Phi) is 7.01. The van der Waals surface area contributed by atoms with Crippen LogP contribution in [0.2, 0.25) is 0 Å². The molecule has 1 fully saturated rings. The monoisotopic (exact) mass is 506 g/mol. The van der Waals surface area contributed by atoms with E-state index in [1.165, 1.54) is 24.1 Å². The molecule has 2 aromatic carbocycles. The maximum absolute atomic E-state index is 12.5. The van der Waals surface area contributed by atoms with Crippen LogP contribution in [0.5, 0.6) is 11.5 Å². The standard InChI is InChI=1S/C21H19BrN2O6S/c1-12(2)23-20(25)19(31-21(23)26)9-14-8-17(29-3)18(10-16(14)22)30-11-13-5-4-6-15(7-13)24(27)28/h4-10,12H,11H2,1-3H3/b19-9+. The third-order valence-corrected chi connectivity index (χ3v) is 6.00. The number of carbonyl (C=O) groups excluding carboxylic acids is 2. The molecule has 10 heteroatoms. The van der Waals surface area contributed by atoms with Crippen molar-refractivity contribution in [3.8, 4) is 11.5 Å². The molecule has 1 aliphatic rings. The van der Waals surface area contributed by atoms with E-state index in [0.29, 0.717) is 32.0 Å². The van der Waals surface area contributed by atoms with Gasteiger partial charge in [-0.2, -0.15) is 0 Å². The van der Waals surface area contributed by atoms with E-state index in [1.54, 1.807) is 44.2 Å². The lowest BCUT2D eigenvalue weighted by Gasteiger charge is -2.16. The smallest absolute Gasteiger partial charge is 0.293 e. The fourth-order valence-electron chi connectivity index (χ4n) is 2.92. The Balaban J connectivity index is 1.84. The second kappa shape index (κ2) is 9.52. The first-order valence-electron chi connectivity index (χ1n) is 9.22. The Morgan fingerprint density at radius 1 is 1.23 bits per heavy atom. The number of nitrogens with zero attached hydrogens (tertiary/aromatic N) is 2. The first-order chi connectivity index (χ1) is 14.7. The molecule has 31 heavy (non-hydrogen) atoms. The van der Waals surface area contributed by atoms with Crippen LogP contribution in [0.25, 0.3) is 6.08 Å². The zero-order valence-corrected chi connectivity index (χ0v) is 19.4. The SMILES string of the molecule is COc1cc(/C=C2/SC(=O)N(C(C)C)C2=O)c(Br)cc1OCc1cccc([N+](=O)[O-])c1. The summed E-state index contributed by atoms with van der Waals surface area (Å²) in [6.07, 6.45) is 1.63. The molecule has 3 rings (SSSR count). The summed E-state index contributed by atoms with van der Waals surface area (Å²) in [4.78, 5) is 36.7. The molecule has 1 aliphatic heterocycles. The highest BCUT2D eigenvalue weighted by Crippen LogP contribution is 2.38. The molecule has 2 amide bonds. The number of methoxy groups -OCH3 is 1. The summed E-state index contributed by atoms with van der Waals surface area (Å²) >= 11 is 4.36. The zero-order chi connectivity index (χ0) is 22.7. The van der Waals surface area contributed by atoms with Gasteiger partial charge < -0.3 is 9.47 Å². The van der Waals surface area contributed by atoms with E-state index in [2.05, 4.69) is 15.9 Å². The summed E-state index contributed by atoms with van der Waals surface area (Å²) in [5.41, 5.74) is 1.27. The number of nitro groups is 1. The molecule has 2 aromatic rings. The first-order valence-corrected chi connectivity index (χ1v) is 10.8. The maximum atomic E-state index is 12.5. The molecule has 1 saturated heterocycles. The van der Waals surface area contributed by atoms with Crippen LogP contribution in [-0.4, -0.2) is 34.1 Å². The number of non-ortho nitro benzene ring substituents is 1. The highest BCUT2D eigenvalue weighted by Gasteiger charge is 2.36. The molecular formula is C21H19BrN2O6S. The van der Waals surface area contributed by atoms with Gasteiger partial charge in [-0.15, -0.1) is 0 Å². The van der Waals surface area contributed by atoms with Crippen molar-refractivity contribution in [2.75, 3.05) is 7.11 Å². The second-order valence-electron chi connectivity index (χ2n) is 6.89. The topological polar surface area (TPSA) is 99.0 Å². The molecule has 1 heterocycles. The number of ether oxygens (including phenoxy) is 2. The van der Waals surface area contributed by atoms with Gasteiger partial charge in [-0.1, -0.05) is 28.1 Å². The Bertz CT molecular complexity index is 1090. The number of halogens is 1. The summed E-state index contributed by atoms with van der Waals surface area (Å²) in [6, 6.07) is 9.34. The summed E-state index contributed by atoms with van der Waals surface area (Å²) in [5.74, 6) is 0.512. The van der Waals surface area contributed by atoms with Crippen molar-refractivity contribution in [3.05, 3.63) is 67.0 Å². The van der Waals surface area contributed by atoms with Gasteiger partial charge in [-0.25, -0.2) is 0 Å². The Hall–Kier alpha value is -2.85. The largest absolute Gasteiger partial charge is 0.493 e. The molecule has 0 N–H and O–H groups in total.